The van der Waals surface area contributed by atoms with Crippen molar-refractivity contribution in [3.8, 4) is 0 Å². The van der Waals surface area contributed by atoms with Crippen LogP contribution in [-0.4, -0.2) is 67.4 Å². The molecule has 0 radical (unpaired) electrons. The van der Waals surface area contributed by atoms with Gasteiger partial charge >= 0.3 is 0 Å². The summed E-state index contributed by atoms with van der Waals surface area (Å²) in [6.45, 7) is 6.11. The average molecular weight is 436 g/mol. The minimum atomic E-state index is 0.416. The minimum absolute atomic E-state index is 0.416. The van der Waals surface area contributed by atoms with E-state index in [1.807, 2.05) is 24.4 Å². The minimum Gasteiger partial charge on any atom is -0.378 e. The van der Waals surface area contributed by atoms with Gasteiger partial charge in [0.2, 0.25) is 5.95 Å². The number of anilines is 2. The molecule has 6 nitrogen and oxygen atoms in total. The van der Waals surface area contributed by atoms with Crippen LogP contribution >= 0.6 is 23.2 Å². The third kappa shape index (κ3) is 5.12. The van der Waals surface area contributed by atoms with E-state index in [-0.39, 0.29) is 0 Å². The summed E-state index contributed by atoms with van der Waals surface area (Å²) in [7, 11) is 2.14. The highest BCUT2D eigenvalue weighted by Crippen LogP contribution is 2.26. The molecule has 1 aromatic carbocycles. The van der Waals surface area contributed by atoms with Crippen molar-refractivity contribution in [2.45, 2.75) is 25.4 Å². The van der Waals surface area contributed by atoms with Crippen LogP contribution in [0.5, 0.6) is 0 Å². The molecule has 2 aliphatic heterocycles. The second-order valence-corrected chi connectivity index (χ2v) is 8.52. The number of aromatic nitrogens is 2. The van der Waals surface area contributed by atoms with Crippen LogP contribution in [0.2, 0.25) is 10.0 Å². The van der Waals surface area contributed by atoms with Gasteiger partial charge in [-0.1, -0.05) is 29.3 Å². The van der Waals surface area contributed by atoms with Crippen molar-refractivity contribution in [3.63, 3.8) is 0 Å². The van der Waals surface area contributed by atoms with Gasteiger partial charge in [0, 0.05) is 45.5 Å². The second kappa shape index (κ2) is 9.47. The van der Waals surface area contributed by atoms with E-state index in [9.17, 15) is 0 Å². The topological polar surface area (TPSA) is 44.7 Å². The number of rotatable bonds is 5. The quantitative estimate of drug-likeness (QED) is 0.712. The predicted octanol–water partition coefficient (Wildman–Crippen LogP) is 3.72. The molecule has 0 saturated carbocycles. The summed E-state index contributed by atoms with van der Waals surface area (Å²) in [4.78, 5) is 16.3. The third-order valence-electron chi connectivity index (χ3n) is 5.70. The summed E-state index contributed by atoms with van der Waals surface area (Å²) in [5.74, 6) is 1.77. The predicted molar refractivity (Wildman–Crippen MR) is 118 cm³/mol. The first-order valence-corrected chi connectivity index (χ1v) is 10.9. The van der Waals surface area contributed by atoms with Crippen molar-refractivity contribution in [2.75, 3.05) is 56.2 Å². The fraction of sp³-hybridized carbons (Fsp3) is 0.524. The second-order valence-electron chi connectivity index (χ2n) is 7.70. The number of hydrogen-bond donors (Lipinski definition) is 0. The number of likely N-dealkylation sites (N-methyl/N-ethyl adjacent to an activating group) is 1. The van der Waals surface area contributed by atoms with Crippen LogP contribution < -0.4 is 9.80 Å². The van der Waals surface area contributed by atoms with Crippen molar-refractivity contribution in [1.29, 1.82) is 0 Å². The number of hydrogen-bond acceptors (Lipinski definition) is 6. The number of piperidine rings is 1. The highest BCUT2D eigenvalue weighted by molar-refractivity contribution is 6.42. The lowest BCUT2D eigenvalue weighted by Crippen LogP contribution is -2.46. The monoisotopic (exact) mass is 435 g/mol. The Morgan fingerprint density at radius 2 is 1.97 bits per heavy atom. The molecule has 1 unspecified atom stereocenters. The van der Waals surface area contributed by atoms with E-state index in [0.717, 1.165) is 70.5 Å². The third-order valence-corrected chi connectivity index (χ3v) is 6.44. The first-order valence-electron chi connectivity index (χ1n) is 10.1. The van der Waals surface area contributed by atoms with Gasteiger partial charge in [0.25, 0.3) is 0 Å². The Balaban J connectivity index is 1.41. The molecule has 3 heterocycles. The van der Waals surface area contributed by atoms with Gasteiger partial charge in [0.05, 0.1) is 23.3 Å². The first kappa shape index (κ1) is 20.7. The zero-order chi connectivity index (χ0) is 20.2. The average Bonchev–Trinajstić information content (AvgIpc) is 2.77. The number of benzene rings is 1. The van der Waals surface area contributed by atoms with Crippen LogP contribution in [0, 0.1) is 0 Å². The number of nitrogens with zero attached hydrogens (tertiary/aromatic N) is 5. The lowest BCUT2D eigenvalue weighted by atomic mass is 10.0. The van der Waals surface area contributed by atoms with E-state index < -0.39 is 0 Å². The Bertz CT molecular complexity index is 830. The van der Waals surface area contributed by atoms with Gasteiger partial charge < -0.3 is 14.5 Å². The summed E-state index contributed by atoms with van der Waals surface area (Å²) in [5, 5.41) is 1.22. The highest BCUT2D eigenvalue weighted by atomic mass is 35.5. The van der Waals surface area contributed by atoms with Gasteiger partial charge in [0.15, 0.2) is 0 Å². The Morgan fingerprint density at radius 3 is 2.76 bits per heavy atom. The Labute approximate surface area is 182 Å². The molecule has 2 aromatic rings. The summed E-state index contributed by atoms with van der Waals surface area (Å²) in [6.07, 6.45) is 4.18. The molecule has 0 amide bonds. The molecule has 2 fully saturated rings. The van der Waals surface area contributed by atoms with Gasteiger partial charge in [-0.2, -0.15) is 4.98 Å². The summed E-state index contributed by atoms with van der Waals surface area (Å²) in [5.41, 5.74) is 1.19. The molecule has 1 atom stereocenters. The maximum Gasteiger partial charge on any atom is 0.227 e. The van der Waals surface area contributed by atoms with Crippen LogP contribution in [-0.2, 0) is 11.3 Å². The van der Waals surface area contributed by atoms with E-state index >= 15 is 0 Å². The first-order chi connectivity index (χ1) is 14.1. The van der Waals surface area contributed by atoms with E-state index in [1.54, 1.807) is 0 Å². The Kier molecular flexibility index (Phi) is 6.75. The zero-order valence-corrected chi connectivity index (χ0v) is 18.2. The van der Waals surface area contributed by atoms with Crippen LogP contribution in [0.1, 0.15) is 18.4 Å². The van der Waals surface area contributed by atoms with Crippen LogP contribution in [0.25, 0.3) is 0 Å². The molecule has 0 aliphatic carbocycles. The number of ether oxygens (including phenoxy) is 1. The van der Waals surface area contributed by atoms with Crippen LogP contribution in [0.4, 0.5) is 11.8 Å². The van der Waals surface area contributed by atoms with Crippen molar-refractivity contribution >= 4 is 35.0 Å². The normalized spacial score (nSPS) is 20.7. The highest BCUT2D eigenvalue weighted by Gasteiger charge is 2.25. The molecule has 29 heavy (non-hydrogen) atoms. The van der Waals surface area contributed by atoms with Gasteiger partial charge in [-0.15, -0.1) is 0 Å². The number of morpholine rings is 1. The van der Waals surface area contributed by atoms with Crippen molar-refractivity contribution < 1.29 is 4.74 Å². The molecular formula is C21H27Cl2N5O. The Morgan fingerprint density at radius 1 is 1.14 bits per heavy atom. The molecule has 1 aromatic heterocycles. The molecule has 2 saturated heterocycles. The van der Waals surface area contributed by atoms with E-state index in [4.69, 9.17) is 32.9 Å². The SMILES string of the molecule is CN(c1ccnc(N2CCOCC2)n1)C1CCCN(Cc2ccc(Cl)c(Cl)c2)C1. The van der Waals surface area contributed by atoms with Gasteiger partial charge in [-0.25, -0.2) is 4.98 Å². The summed E-state index contributed by atoms with van der Waals surface area (Å²) >= 11 is 12.2. The molecule has 0 N–H and O–H groups in total. The molecule has 4 rings (SSSR count). The van der Waals surface area contributed by atoms with E-state index in [1.165, 1.54) is 5.56 Å². The molecule has 8 heteroatoms. The fourth-order valence-electron chi connectivity index (χ4n) is 4.03. The molecule has 0 spiro atoms. The van der Waals surface area contributed by atoms with Crippen molar-refractivity contribution in [1.82, 2.24) is 14.9 Å². The number of likely N-dealkylation sites (tertiary alicyclic amines) is 1. The Hall–Kier alpha value is -1.60. The maximum atomic E-state index is 6.18. The smallest absolute Gasteiger partial charge is 0.227 e. The molecular weight excluding hydrogens is 409 g/mol. The van der Waals surface area contributed by atoms with Crippen molar-refractivity contribution in [2.24, 2.45) is 0 Å². The van der Waals surface area contributed by atoms with E-state index in [2.05, 4.69) is 32.8 Å². The van der Waals surface area contributed by atoms with Gasteiger partial charge in [-0.05, 0) is 43.1 Å². The maximum absolute atomic E-state index is 6.18. The van der Waals surface area contributed by atoms with Crippen molar-refractivity contribution in [3.05, 3.63) is 46.1 Å². The lowest BCUT2D eigenvalue weighted by molar-refractivity contribution is 0.122. The fourth-order valence-corrected chi connectivity index (χ4v) is 4.35. The molecule has 2 aliphatic rings. The lowest BCUT2D eigenvalue weighted by Gasteiger charge is -2.38. The molecule has 156 valence electrons. The molecule has 0 bridgehead atoms. The largest absolute Gasteiger partial charge is 0.378 e. The van der Waals surface area contributed by atoms with Crippen LogP contribution in [0.3, 0.4) is 0 Å². The van der Waals surface area contributed by atoms with E-state index in [0.29, 0.717) is 16.1 Å². The van der Waals surface area contributed by atoms with Crippen LogP contribution in [0.15, 0.2) is 30.5 Å². The van der Waals surface area contributed by atoms with Gasteiger partial charge in [-0.3, -0.25) is 4.90 Å². The summed E-state index contributed by atoms with van der Waals surface area (Å²) < 4.78 is 5.44. The standard InChI is InChI=1S/C21H27Cl2N5O/c1-26(20-6-7-24-21(25-20)28-9-11-29-12-10-28)17-3-2-8-27(15-17)14-16-4-5-18(22)19(23)13-16/h4-7,13,17H,2-3,8-12,14-15H2,1H3. The summed E-state index contributed by atoms with van der Waals surface area (Å²) in [6, 6.07) is 8.32. The van der Waals surface area contributed by atoms with Gasteiger partial charge in [0.1, 0.15) is 5.82 Å². The number of halogens is 2. The zero-order valence-electron chi connectivity index (χ0n) is 16.7.